The molecule has 0 saturated carbocycles. The summed E-state index contributed by atoms with van der Waals surface area (Å²) in [7, 11) is 0. The van der Waals surface area contributed by atoms with Crippen LogP contribution in [-0.4, -0.2) is 14.1 Å². The molecule has 3 aromatic heterocycles. The number of hydrogen-bond donors (Lipinski definition) is 0. The number of para-hydroxylation sites is 2. The van der Waals surface area contributed by atoms with Crippen molar-refractivity contribution in [2.75, 3.05) is 0 Å². The molecule has 0 unspecified atom stereocenters. The van der Waals surface area contributed by atoms with E-state index in [9.17, 15) is 0 Å². The van der Waals surface area contributed by atoms with Crippen LogP contribution < -0.4 is 0 Å². The van der Waals surface area contributed by atoms with Gasteiger partial charge in [-0.2, -0.15) is 0 Å². The van der Waals surface area contributed by atoms with Gasteiger partial charge in [0.15, 0.2) is 0 Å². The molecule has 0 atom stereocenters. The maximum atomic E-state index is 5.35. The molecule has 4 aromatic carbocycles. The Morgan fingerprint density at radius 1 is 0.571 bits per heavy atom. The van der Waals surface area contributed by atoms with Gasteiger partial charge in [0.25, 0.3) is 0 Å². The first kappa shape index (κ1) is 26.0. The standard InChI is InChI=1S/C39H35N3/c1-26(2)32-24-29(25-33(27(3)4)39(32)41-23-13-20-35(41)28-14-7-5-8-15-28)34-21-22-37-38(40-34)31-18-11-12-19-36(31)42(37)30-16-9-6-10-17-30/h5-27H,1-4H3. The Morgan fingerprint density at radius 3 is 1.90 bits per heavy atom. The molecule has 0 N–H and O–H groups in total. The predicted octanol–water partition coefficient (Wildman–Crippen LogP) is 10.6. The van der Waals surface area contributed by atoms with Gasteiger partial charge in [0.2, 0.25) is 0 Å². The quantitative estimate of drug-likeness (QED) is 0.204. The van der Waals surface area contributed by atoms with E-state index in [0.717, 1.165) is 28.0 Å². The molecule has 3 heterocycles. The molecular weight excluding hydrogens is 510 g/mol. The van der Waals surface area contributed by atoms with Crippen molar-refractivity contribution in [3.8, 4) is 33.9 Å². The molecule has 0 saturated heterocycles. The fraction of sp³-hybridized carbons (Fsp3) is 0.154. The van der Waals surface area contributed by atoms with Crippen molar-refractivity contribution in [3.63, 3.8) is 0 Å². The van der Waals surface area contributed by atoms with E-state index < -0.39 is 0 Å². The van der Waals surface area contributed by atoms with E-state index in [4.69, 9.17) is 4.98 Å². The zero-order valence-corrected chi connectivity index (χ0v) is 24.6. The highest BCUT2D eigenvalue weighted by atomic mass is 15.0. The van der Waals surface area contributed by atoms with Crippen LogP contribution in [0.4, 0.5) is 0 Å². The van der Waals surface area contributed by atoms with Gasteiger partial charge in [0.05, 0.1) is 33.6 Å². The van der Waals surface area contributed by atoms with Gasteiger partial charge in [0, 0.05) is 22.8 Å². The summed E-state index contributed by atoms with van der Waals surface area (Å²) in [5, 5.41) is 1.17. The molecule has 0 aliphatic rings. The lowest BCUT2D eigenvalue weighted by molar-refractivity contribution is 0.808. The fourth-order valence-corrected chi connectivity index (χ4v) is 6.25. The topological polar surface area (TPSA) is 22.8 Å². The maximum Gasteiger partial charge on any atom is 0.0970 e. The minimum atomic E-state index is 0.340. The molecular formula is C39H35N3. The Hall–Kier alpha value is -4.89. The molecule has 0 aliphatic carbocycles. The number of nitrogens with zero attached hydrogens (tertiary/aromatic N) is 3. The molecule has 0 amide bonds. The van der Waals surface area contributed by atoms with Gasteiger partial charge in [-0.05, 0) is 83.1 Å². The van der Waals surface area contributed by atoms with Crippen molar-refractivity contribution in [1.29, 1.82) is 0 Å². The molecule has 0 fully saturated rings. The van der Waals surface area contributed by atoms with Crippen molar-refractivity contribution < 1.29 is 0 Å². The zero-order valence-electron chi connectivity index (χ0n) is 24.6. The van der Waals surface area contributed by atoms with Crippen LogP contribution in [0.1, 0.15) is 50.7 Å². The number of pyridine rings is 1. The second-order valence-electron chi connectivity index (χ2n) is 11.7. The molecule has 0 spiro atoms. The van der Waals surface area contributed by atoms with E-state index in [0.29, 0.717) is 11.8 Å². The third-order valence-electron chi connectivity index (χ3n) is 8.30. The predicted molar refractivity (Wildman–Crippen MR) is 177 cm³/mol. The van der Waals surface area contributed by atoms with Gasteiger partial charge < -0.3 is 9.13 Å². The zero-order chi connectivity index (χ0) is 28.8. The Morgan fingerprint density at radius 2 is 1.21 bits per heavy atom. The van der Waals surface area contributed by atoms with Gasteiger partial charge in [0.1, 0.15) is 0 Å². The molecule has 7 aromatic rings. The molecule has 3 heteroatoms. The van der Waals surface area contributed by atoms with E-state index in [2.05, 4.69) is 164 Å². The van der Waals surface area contributed by atoms with Crippen molar-refractivity contribution in [2.24, 2.45) is 0 Å². The van der Waals surface area contributed by atoms with E-state index in [1.54, 1.807) is 0 Å². The van der Waals surface area contributed by atoms with Crippen LogP contribution in [0.25, 0.3) is 55.8 Å². The Balaban J connectivity index is 1.45. The van der Waals surface area contributed by atoms with E-state index in [1.165, 1.54) is 39.0 Å². The summed E-state index contributed by atoms with van der Waals surface area (Å²) in [6, 6.07) is 43.4. The third-order valence-corrected chi connectivity index (χ3v) is 8.30. The van der Waals surface area contributed by atoms with Crippen LogP contribution in [-0.2, 0) is 0 Å². The minimum Gasteiger partial charge on any atom is -0.316 e. The first-order valence-corrected chi connectivity index (χ1v) is 14.9. The Labute approximate surface area is 247 Å². The normalized spacial score (nSPS) is 11.8. The van der Waals surface area contributed by atoms with Crippen molar-refractivity contribution in [1.82, 2.24) is 14.1 Å². The van der Waals surface area contributed by atoms with Crippen LogP contribution in [0.15, 0.2) is 128 Å². The molecule has 42 heavy (non-hydrogen) atoms. The minimum absolute atomic E-state index is 0.340. The Kier molecular flexibility index (Phi) is 6.51. The van der Waals surface area contributed by atoms with Crippen LogP contribution in [0, 0.1) is 0 Å². The van der Waals surface area contributed by atoms with E-state index in [1.807, 2.05) is 0 Å². The highest BCUT2D eigenvalue weighted by Gasteiger charge is 2.21. The number of aromatic nitrogens is 3. The SMILES string of the molecule is CC(C)c1cc(-c2ccc3c(n2)c2ccccc2n3-c2ccccc2)cc(C(C)C)c1-n1cccc1-c1ccccc1. The highest BCUT2D eigenvalue weighted by molar-refractivity contribution is 6.07. The number of benzene rings is 4. The summed E-state index contributed by atoms with van der Waals surface area (Å²) in [6.45, 7) is 9.18. The smallest absolute Gasteiger partial charge is 0.0970 e. The number of rotatable bonds is 6. The largest absolute Gasteiger partial charge is 0.316 e. The second-order valence-corrected chi connectivity index (χ2v) is 11.7. The van der Waals surface area contributed by atoms with Gasteiger partial charge in [-0.3, -0.25) is 0 Å². The number of fused-ring (bicyclic) bond motifs is 3. The van der Waals surface area contributed by atoms with Gasteiger partial charge in [-0.25, -0.2) is 4.98 Å². The molecule has 206 valence electrons. The van der Waals surface area contributed by atoms with Crippen LogP contribution in [0.2, 0.25) is 0 Å². The molecule has 0 bridgehead atoms. The molecule has 0 aliphatic heterocycles. The summed E-state index contributed by atoms with van der Waals surface area (Å²) in [5.41, 5.74) is 13.0. The summed E-state index contributed by atoms with van der Waals surface area (Å²) in [5.74, 6) is 0.680. The molecule has 0 radical (unpaired) electrons. The average molecular weight is 546 g/mol. The average Bonchev–Trinajstić information content (AvgIpc) is 3.64. The second kappa shape index (κ2) is 10.5. The highest BCUT2D eigenvalue weighted by Crippen LogP contribution is 2.39. The van der Waals surface area contributed by atoms with E-state index in [-0.39, 0.29) is 0 Å². The van der Waals surface area contributed by atoms with Crippen molar-refractivity contribution in [2.45, 2.75) is 39.5 Å². The lowest BCUT2D eigenvalue weighted by Gasteiger charge is -2.24. The van der Waals surface area contributed by atoms with Gasteiger partial charge in [-0.15, -0.1) is 0 Å². The Bertz CT molecular complexity index is 2000. The van der Waals surface area contributed by atoms with Gasteiger partial charge >= 0.3 is 0 Å². The van der Waals surface area contributed by atoms with Gasteiger partial charge in [-0.1, -0.05) is 94.4 Å². The first-order chi connectivity index (χ1) is 20.5. The summed E-state index contributed by atoms with van der Waals surface area (Å²) in [4.78, 5) is 5.35. The molecule has 7 rings (SSSR count). The lowest BCUT2D eigenvalue weighted by Crippen LogP contribution is -2.08. The summed E-state index contributed by atoms with van der Waals surface area (Å²) < 4.78 is 4.70. The summed E-state index contributed by atoms with van der Waals surface area (Å²) in [6.07, 6.45) is 2.21. The van der Waals surface area contributed by atoms with Crippen LogP contribution in [0.3, 0.4) is 0 Å². The summed E-state index contributed by atoms with van der Waals surface area (Å²) >= 11 is 0. The van der Waals surface area contributed by atoms with Crippen LogP contribution >= 0.6 is 0 Å². The first-order valence-electron chi connectivity index (χ1n) is 14.9. The monoisotopic (exact) mass is 545 g/mol. The maximum absolute atomic E-state index is 5.35. The van der Waals surface area contributed by atoms with E-state index >= 15 is 0 Å². The number of hydrogen-bond acceptors (Lipinski definition) is 1. The lowest BCUT2D eigenvalue weighted by atomic mass is 9.89. The van der Waals surface area contributed by atoms with Crippen molar-refractivity contribution in [3.05, 3.63) is 139 Å². The third kappa shape index (κ3) is 4.33. The van der Waals surface area contributed by atoms with Crippen LogP contribution in [0.5, 0.6) is 0 Å². The fourth-order valence-electron chi connectivity index (χ4n) is 6.25. The van der Waals surface area contributed by atoms with Crippen molar-refractivity contribution >= 4 is 21.9 Å². The molecule has 3 nitrogen and oxygen atoms in total.